The summed E-state index contributed by atoms with van der Waals surface area (Å²) in [6.45, 7) is 1.58. The second-order valence-corrected chi connectivity index (χ2v) is 4.99. The summed E-state index contributed by atoms with van der Waals surface area (Å²) in [6, 6.07) is 6.44. The lowest BCUT2D eigenvalue weighted by molar-refractivity contribution is 0.624. The molecule has 15 heavy (non-hydrogen) atoms. The van der Waals surface area contributed by atoms with Gasteiger partial charge in [0.05, 0.1) is 0 Å². The highest BCUT2D eigenvalue weighted by atomic mass is 32.2. The van der Waals surface area contributed by atoms with Gasteiger partial charge in [-0.3, -0.25) is 4.21 Å². The van der Waals surface area contributed by atoms with Crippen LogP contribution in [0.5, 0.6) is 0 Å². The Hall–Kier alpha value is -0.740. The van der Waals surface area contributed by atoms with E-state index >= 15 is 0 Å². The van der Waals surface area contributed by atoms with Crippen LogP contribution in [0, 0.1) is 5.82 Å². The van der Waals surface area contributed by atoms with E-state index in [0.717, 1.165) is 30.8 Å². The molecule has 84 valence electrons. The van der Waals surface area contributed by atoms with Crippen LogP contribution >= 0.6 is 0 Å². The van der Waals surface area contributed by atoms with Crippen molar-refractivity contribution in [1.29, 1.82) is 0 Å². The van der Waals surface area contributed by atoms with E-state index in [4.69, 9.17) is 0 Å². The molecule has 0 aliphatic heterocycles. The van der Waals surface area contributed by atoms with Gasteiger partial charge in [-0.25, -0.2) is 4.39 Å². The summed E-state index contributed by atoms with van der Waals surface area (Å²) in [6.07, 6.45) is 2.62. The molecule has 1 N–H and O–H groups in total. The van der Waals surface area contributed by atoms with Crippen LogP contribution in [0.15, 0.2) is 24.3 Å². The molecular formula is C11H16FNOS. The Labute approximate surface area is 92.3 Å². The summed E-state index contributed by atoms with van der Waals surface area (Å²) in [5.74, 6) is 0.524. The molecule has 0 aliphatic rings. The molecule has 0 amide bonds. The molecule has 0 bridgehead atoms. The zero-order valence-corrected chi connectivity index (χ0v) is 9.65. The van der Waals surface area contributed by atoms with Gasteiger partial charge in [0.15, 0.2) is 0 Å². The third kappa shape index (κ3) is 5.64. The van der Waals surface area contributed by atoms with Gasteiger partial charge in [-0.2, -0.15) is 0 Å². The quantitative estimate of drug-likeness (QED) is 0.752. The lowest BCUT2D eigenvalue weighted by Crippen LogP contribution is -2.16. The number of hydrogen-bond donors (Lipinski definition) is 1. The van der Waals surface area contributed by atoms with Crippen molar-refractivity contribution >= 4 is 10.8 Å². The Bertz CT molecular complexity index is 313. The van der Waals surface area contributed by atoms with Crippen molar-refractivity contribution in [1.82, 2.24) is 5.32 Å². The van der Waals surface area contributed by atoms with Gasteiger partial charge in [0, 0.05) is 29.4 Å². The first-order valence-corrected chi connectivity index (χ1v) is 6.66. The van der Waals surface area contributed by atoms with Crippen LogP contribution in [0.3, 0.4) is 0 Å². The van der Waals surface area contributed by atoms with Crippen molar-refractivity contribution < 1.29 is 8.60 Å². The fraction of sp³-hybridized carbons (Fsp3) is 0.455. The van der Waals surface area contributed by atoms with Crippen molar-refractivity contribution in [3.05, 3.63) is 35.6 Å². The minimum atomic E-state index is -0.706. The number of benzene rings is 1. The Morgan fingerprint density at radius 3 is 2.60 bits per heavy atom. The lowest BCUT2D eigenvalue weighted by Gasteiger charge is -2.03. The number of rotatable bonds is 6. The smallest absolute Gasteiger partial charge is 0.123 e. The van der Waals surface area contributed by atoms with Gasteiger partial charge in [0.2, 0.25) is 0 Å². The molecule has 0 radical (unpaired) electrons. The van der Waals surface area contributed by atoms with E-state index in [1.807, 2.05) is 0 Å². The monoisotopic (exact) mass is 229 g/mol. The van der Waals surface area contributed by atoms with Crippen LogP contribution in [0.2, 0.25) is 0 Å². The maximum Gasteiger partial charge on any atom is 0.123 e. The number of hydrogen-bond acceptors (Lipinski definition) is 2. The average Bonchev–Trinajstić information content (AvgIpc) is 2.20. The molecule has 0 saturated carbocycles. The van der Waals surface area contributed by atoms with Gasteiger partial charge < -0.3 is 5.32 Å². The summed E-state index contributed by atoms with van der Waals surface area (Å²) in [4.78, 5) is 0. The van der Waals surface area contributed by atoms with E-state index in [1.165, 1.54) is 12.1 Å². The normalized spacial score (nSPS) is 12.7. The highest BCUT2D eigenvalue weighted by Gasteiger charge is 1.94. The molecule has 2 nitrogen and oxygen atoms in total. The predicted octanol–water partition coefficient (Wildman–Crippen LogP) is 1.68. The predicted molar refractivity (Wildman–Crippen MR) is 61.7 cm³/mol. The van der Waals surface area contributed by atoms with Crippen molar-refractivity contribution in [2.75, 3.05) is 18.6 Å². The first-order chi connectivity index (χ1) is 7.18. The van der Waals surface area contributed by atoms with E-state index in [1.54, 1.807) is 18.4 Å². The molecule has 0 fully saturated rings. The van der Waals surface area contributed by atoms with Crippen molar-refractivity contribution in [2.24, 2.45) is 0 Å². The second kappa shape index (κ2) is 6.69. The molecule has 1 aromatic rings. The van der Waals surface area contributed by atoms with E-state index < -0.39 is 10.8 Å². The first kappa shape index (κ1) is 12.3. The Morgan fingerprint density at radius 2 is 2.00 bits per heavy atom. The van der Waals surface area contributed by atoms with E-state index in [-0.39, 0.29) is 5.82 Å². The fourth-order valence-electron chi connectivity index (χ4n) is 1.24. The van der Waals surface area contributed by atoms with E-state index in [9.17, 15) is 8.60 Å². The molecule has 0 aromatic heterocycles. The lowest BCUT2D eigenvalue weighted by atomic mass is 10.2. The van der Waals surface area contributed by atoms with Crippen LogP contribution < -0.4 is 5.32 Å². The van der Waals surface area contributed by atoms with E-state index in [0.29, 0.717) is 0 Å². The maximum atomic E-state index is 12.6. The van der Waals surface area contributed by atoms with Crippen LogP contribution in [-0.2, 0) is 17.3 Å². The van der Waals surface area contributed by atoms with Crippen LogP contribution in [-0.4, -0.2) is 22.8 Å². The van der Waals surface area contributed by atoms with Crippen molar-refractivity contribution in [3.63, 3.8) is 0 Å². The molecule has 0 saturated heterocycles. The van der Waals surface area contributed by atoms with Gasteiger partial charge in [0.1, 0.15) is 5.82 Å². The second-order valence-electron chi connectivity index (χ2n) is 3.43. The van der Waals surface area contributed by atoms with E-state index in [2.05, 4.69) is 5.32 Å². The standard InChI is InChI=1S/C11H16FNOS/c1-15(14)8-2-7-13-9-10-3-5-11(12)6-4-10/h3-6,13H,2,7-9H2,1H3. The van der Waals surface area contributed by atoms with Gasteiger partial charge >= 0.3 is 0 Å². The molecule has 4 heteroatoms. The Kier molecular flexibility index (Phi) is 5.50. The van der Waals surface area contributed by atoms with Gasteiger partial charge in [-0.1, -0.05) is 12.1 Å². The summed E-state index contributed by atoms with van der Waals surface area (Å²) in [7, 11) is -0.706. The van der Waals surface area contributed by atoms with Crippen molar-refractivity contribution in [3.8, 4) is 0 Å². The molecule has 0 aliphatic carbocycles. The largest absolute Gasteiger partial charge is 0.313 e. The molecule has 0 heterocycles. The third-order valence-corrected chi connectivity index (χ3v) is 2.89. The van der Waals surface area contributed by atoms with Gasteiger partial charge in [-0.15, -0.1) is 0 Å². The highest BCUT2D eigenvalue weighted by molar-refractivity contribution is 7.84. The maximum absolute atomic E-state index is 12.6. The molecule has 1 aromatic carbocycles. The third-order valence-electron chi connectivity index (χ3n) is 2.03. The minimum Gasteiger partial charge on any atom is -0.313 e. The van der Waals surface area contributed by atoms with Gasteiger partial charge in [0.25, 0.3) is 0 Å². The SMILES string of the molecule is CS(=O)CCCNCc1ccc(F)cc1. The Balaban J connectivity index is 2.15. The zero-order chi connectivity index (χ0) is 11.1. The molecule has 1 rings (SSSR count). The molecule has 0 spiro atoms. The summed E-state index contributed by atoms with van der Waals surface area (Å²) in [5.41, 5.74) is 1.06. The summed E-state index contributed by atoms with van der Waals surface area (Å²) in [5, 5.41) is 3.22. The molecule has 1 unspecified atom stereocenters. The summed E-state index contributed by atoms with van der Waals surface area (Å²) >= 11 is 0. The zero-order valence-electron chi connectivity index (χ0n) is 8.83. The van der Waals surface area contributed by atoms with Gasteiger partial charge in [-0.05, 0) is 30.7 Å². The summed E-state index contributed by atoms with van der Waals surface area (Å²) < 4.78 is 23.3. The first-order valence-electron chi connectivity index (χ1n) is 4.93. The van der Waals surface area contributed by atoms with Crippen LogP contribution in [0.4, 0.5) is 4.39 Å². The molecule has 1 atom stereocenters. The Morgan fingerprint density at radius 1 is 1.33 bits per heavy atom. The number of halogens is 1. The van der Waals surface area contributed by atoms with Crippen LogP contribution in [0.25, 0.3) is 0 Å². The van der Waals surface area contributed by atoms with Crippen LogP contribution in [0.1, 0.15) is 12.0 Å². The molecular weight excluding hydrogens is 213 g/mol. The number of nitrogens with one attached hydrogen (secondary N) is 1. The topological polar surface area (TPSA) is 29.1 Å². The highest BCUT2D eigenvalue weighted by Crippen LogP contribution is 2.01. The van der Waals surface area contributed by atoms with Crippen molar-refractivity contribution in [2.45, 2.75) is 13.0 Å². The fourth-order valence-corrected chi connectivity index (χ4v) is 1.79. The average molecular weight is 229 g/mol. The minimum absolute atomic E-state index is 0.208.